The van der Waals surface area contributed by atoms with Crippen LogP contribution in [0.25, 0.3) is 0 Å². The molecule has 2 heterocycles. The number of ether oxygens (including phenoxy) is 1. The molecule has 0 amide bonds. The Morgan fingerprint density at radius 1 is 1.44 bits per heavy atom. The third-order valence-electron chi connectivity index (χ3n) is 2.33. The Bertz CT molecular complexity index is 355. The van der Waals surface area contributed by atoms with Crippen LogP contribution in [-0.2, 0) is 4.74 Å². The molecule has 1 N–H and O–H groups in total. The zero-order valence-electron chi connectivity index (χ0n) is 9.24. The van der Waals surface area contributed by atoms with Gasteiger partial charge in [0, 0.05) is 25.7 Å². The number of nitrogens with zero attached hydrogens (tertiary/aromatic N) is 3. The monoisotopic (exact) mass is 242 g/mol. The predicted octanol–water partition coefficient (Wildman–Crippen LogP) is 1.40. The molecular formula is C10H15ClN4O. The Hall–Kier alpha value is -1.07. The summed E-state index contributed by atoms with van der Waals surface area (Å²) in [5.41, 5.74) is 0. The minimum atomic E-state index is 0.465. The molecule has 1 aliphatic heterocycles. The van der Waals surface area contributed by atoms with E-state index in [9.17, 15) is 0 Å². The summed E-state index contributed by atoms with van der Waals surface area (Å²) in [5.74, 6) is 1.44. The molecule has 1 fully saturated rings. The standard InChI is InChI=1S/C10H15ClN4O/c1-2-12-9-7-8(11)13-10(14-9)15-3-5-16-6-4-15/h7H,2-6H2,1H3,(H,12,13,14). The number of hydrogen-bond acceptors (Lipinski definition) is 5. The number of aromatic nitrogens is 2. The smallest absolute Gasteiger partial charge is 0.228 e. The Kier molecular flexibility index (Phi) is 3.79. The maximum Gasteiger partial charge on any atom is 0.228 e. The highest BCUT2D eigenvalue weighted by Crippen LogP contribution is 2.17. The van der Waals surface area contributed by atoms with Crippen molar-refractivity contribution in [1.82, 2.24) is 9.97 Å². The quantitative estimate of drug-likeness (QED) is 0.812. The van der Waals surface area contributed by atoms with Crippen LogP contribution in [0.4, 0.5) is 11.8 Å². The van der Waals surface area contributed by atoms with E-state index in [0.717, 1.165) is 25.5 Å². The lowest BCUT2D eigenvalue weighted by Gasteiger charge is -2.27. The van der Waals surface area contributed by atoms with Crippen molar-refractivity contribution in [3.63, 3.8) is 0 Å². The van der Waals surface area contributed by atoms with E-state index in [1.165, 1.54) is 0 Å². The van der Waals surface area contributed by atoms with E-state index in [1.807, 2.05) is 6.92 Å². The third-order valence-corrected chi connectivity index (χ3v) is 2.53. The van der Waals surface area contributed by atoms with Crippen LogP contribution in [0.15, 0.2) is 6.07 Å². The Balaban J connectivity index is 2.18. The Morgan fingerprint density at radius 3 is 2.88 bits per heavy atom. The molecule has 0 bridgehead atoms. The molecular weight excluding hydrogens is 228 g/mol. The van der Waals surface area contributed by atoms with Crippen LogP contribution in [0, 0.1) is 0 Å². The minimum Gasteiger partial charge on any atom is -0.378 e. The normalized spacial score (nSPS) is 16.2. The lowest BCUT2D eigenvalue weighted by Crippen LogP contribution is -2.37. The molecule has 0 aliphatic carbocycles. The fourth-order valence-electron chi connectivity index (χ4n) is 1.58. The summed E-state index contributed by atoms with van der Waals surface area (Å²) in [6, 6.07) is 1.73. The van der Waals surface area contributed by atoms with Gasteiger partial charge in [-0.2, -0.15) is 4.98 Å². The molecule has 88 valence electrons. The summed E-state index contributed by atoms with van der Waals surface area (Å²) >= 11 is 5.96. The Morgan fingerprint density at radius 2 is 2.19 bits per heavy atom. The van der Waals surface area contributed by atoms with Crippen LogP contribution in [-0.4, -0.2) is 42.8 Å². The van der Waals surface area contributed by atoms with Crippen molar-refractivity contribution in [1.29, 1.82) is 0 Å². The van der Waals surface area contributed by atoms with Crippen LogP contribution in [0.2, 0.25) is 5.15 Å². The lowest BCUT2D eigenvalue weighted by atomic mass is 10.4. The number of morpholine rings is 1. The third kappa shape index (κ3) is 2.74. The molecule has 1 aromatic heterocycles. The molecule has 1 saturated heterocycles. The largest absolute Gasteiger partial charge is 0.378 e. The van der Waals surface area contributed by atoms with Crippen LogP contribution in [0.5, 0.6) is 0 Å². The molecule has 1 aliphatic rings. The maximum absolute atomic E-state index is 5.96. The van der Waals surface area contributed by atoms with E-state index >= 15 is 0 Å². The first kappa shape index (κ1) is 11.4. The van der Waals surface area contributed by atoms with Gasteiger partial charge < -0.3 is 15.0 Å². The zero-order chi connectivity index (χ0) is 11.4. The second kappa shape index (κ2) is 5.32. The van der Waals surface area contributed by atoms with Gasteiger partial charge in [0.1, 0.15) is 11.0 Å². The van der Waals surface area contributed by atoms with Gasteiger partial charge in [0.05, 0.1) is 13.2 Å². The van der Waals surface area contributed by atoms with Gasteiger partial charge in [-0.15, -0.1) is 0 Å². The summed E-state index contributed by atoms with van der Waals surface area (Å²) in [6.45, 7) is 5.89. The highest BCUT2D eigenvalue weighted by atomic mass is 35.5. The van der Waals surface area contributed by atoms with Crippen molar-refractivity contribution >= 4 is 23.4 Å². The van der Waals surface area contributed by atoms with Gasteiger partial charge in [0.2, 0.25) is 5.95 Å². The molecule has 0 saturated carbocycles. The average Bonchev–Trinajstić information content (AvgIpc) is 2.30. The molecule has 6 heteroatoms. The van der Waals surface area contributed by atoms with Gasteiger partial charge in [-0.25, -0.2) is 4.98 Å². The van der Waals surface area contributed by atoms with Crippen molar-refractivity contribution in [3.05, 3.63) is 11.2 Å². The highest BCUT2D eigenvalue weighted by Gasteiger charge is 2.14. The van der Waals surface area contributed by atoms with Crippen LogP contribution in [0.1, 0.15) is 6.92 Å². The van der Waals surface area contributed by atoms with Crippen molar-refractivity contribution in [2.45, 2.75) is 6.92 Å². The van der Waals surface area contributed by atoms with Gasteiger partial charge in [-0.05, 0) is 6.92 Å². The summed E-state index contributed by atoms with van der Waals surface area (Å²) < 4.78 is 5.28. The van der Waals surface area contributed by atoms with E-state index in [-0.39, 0.29) is 0 Å². The highest BCUT2D eigenvalue weighted by molar-refractivity contribution is 6.29. The molecule has 0 atom stereocenters. The number of rotatable bonds is 3. The summed E-state index contributed by atoms with van der Waals surface area (Å²) in [6.07, 6.45) is 0. The first-order chi connectivity index (χ1) is 7.79. The molecule has 5 nitrogen and oxygen atoms in total. The molecule has 0 aromatic carbocycles. The van der Waals surface area contributed by atoms with Crippen molar-refractivity contribution in [2.24, 2.45) is 0 Å². The van der Waals surface area contributed by atoms with E-state index in [0.29, 0.717) is 24.3 Å². The topological polar surface area (TPSA) is 50.3 Å². The summed E-state index contributed by atoms with van der Waals surface area (Å²) in [4.78, 5) is 10.7. The molecule has 1 aromatic rings. The van der Waals surface area contributed by atoms with Gasteiger partial charge in [0.25, 0.3) is 0 Å². The fraction of sp³-hybridized carbons (Fsp3) is 0.600. The number of halogens is 1. The first-order valence-corrected chi connectivity index (χ1v) is 5.78. The Labute approximate surface area is 99.8 Å². The van der Waals surface area contributed by atoms with Crippen molar-refractivity contribution in [3.8, 4) is 0 Å². The van der Waals surface area contributed by atoms with Gasteiger partial charge >= 0.3 is 0 Å². The number of nitrogens with one attached hydrogen (secondary N) is 1. The molecule has 0 spiro atoms. The zero-order valence-corrected chi connectivity index (χ0v) is 10.00. The first-order valence-electron chi connectivity index (χ1n) is 5.40. The van der Waals surface area contributed by atoms with Crippen LogP contribution in [0.3, 0.4) is 0 Å². The fourth-order valence-corrected chi connectivity index (χ4v) is 1.76. The maximum atomic E-state index is 5.96. The number of anilines is 2. The molecule has 0 unspecified atom stereocenters. The minimum absolute atomic E-state index is 0.465. The van der Waals surface area contributed by atoms with Crippen LogP contribution >= 0.6 is 11.6 Å². The predicted molar refractivity (Wildman–Crippen MR) is 64.2 cm³/mol. The molecule has 0 radical (unpaired) electrons. The molecule has 2 rings (SSSR count). The van der Waals surface area contributed by atoms with Crippen molar-refractivity contribution < 1.29 is 4.74 Å². The summed E-state index contributed by atoms with van der Waals surface area (Å²) in [7, 11) is 0. The second-order valence-corrected chi connectivity index (χ2v) is 3.89. The SMILES string of the molecule is CCNc1cc(Cl)nc(N2CCOCC2)n1. The lowest BCUT2D eigenvalue weighted by molar-refractivity contribution is 0.122. The number of hydrogen-bond donors (Lipinski definition) is 1. The van der Waals surface area contributed by atoms with Gasteiger partial charge in [-0.1, -0.05) is 11.6 Å². The van der Waals surface area contributed by atoms with Gasteiger partial charge in [0.15, 0.2) is 0 Å². The average molecular weight is 243 g/mol. The van der Waals surface area contributed by atoms with Crippen molar-refractivity contribution in [2.75, 3.05) is 43.1 Å². The van der Waals surface area contributed by atoms with E-state index < -0.39 is 0 Å². The van der Waals surface area contributed by atoms with E-state index in [1.54, 1.807) is 6.07 Å². The van der Waals surface area contributed by atoms with Gasteiger partial charge in [-0.3, -0.25) is 0 Å². The van der Waals surface area contributed by atoms with E-state index in [4.69, 9.17) is 16.3 Å². The second-order valence-electron chi connectivity index (χ2n) is 3.51. The van der Waals surface area contributed by atoms with Crippen LogP contribution < -0.4 is 10.2 Å². The molecule has 16 heavy (non-hydrogen) atoms. The summed E-state index contributed by atoms with van der Waals surface area (Å²) in [5, 5.41) is 3.60. The van der Waals surface area contributed by atoms with E-state index in [2.05, 4.69) is 20.2 Å².